The zero-order valence-electron chi connectivity index (χ0n) is 12.5. The molecule has 1 aliphatic rings. The van der Waals surface area contributed by atoms with Crippen LogP contribution in [-0.4, -0.2) is 17.0 Å². The van der Waals surface area contributed by atoms with E-state index in [-0.39, 0.29) is 5.91 Å². The van der Waals surface area contributed by atoms with Crippen LogP contribution in [0.2, 0.25) is 0 Å². The summed E-state index contributed by atoms with van der Waals surface area (Å²) in [5, 5.41) is 2.87. The number of hydrogen-bond acceptors (Lipinski definition) is 3. The molecule has 1 fully saturated rings. The maximum absolute atomic E-state index is 12.1. The Balaban J connectivity index is 1.54. The first kappa shape index (κ1) is 14.6. The van der Waals surface area contributed by atoms with E-state index in [0.717, 1.165) is 24.3 Å². The number of nitrogens with zero attached hydrogens (tertiary/aromatic N) is 1. The smallest absolute Gasteiger partial charge is 0.251 e. The molecule has 22 heavy (non-hydrogen) atoms. The Morgan fingerprint density at radius 2 is 1.91 bits per heavy atom. The summed E-state index contributed by atoms with van der Waals surface area (Å²) in [5.74, 6) is 0.742. The van der Waals surface area contributed by atoms with E-state index < -0.39 is 0 Å². The lowest BCUT2D eigenvalue weighted by molar-refractivity contribution is 0.0950. The van der Waals surface area contributed by atoms with E-state index in [2.05, 4.69) is 10.3 Å². The van der Waals surface area contributed by atoms with Gasteiger partial charge in [-0.05, 0) is 62.1 Å². The van der Waals surface area contributed by atoms with Crippen LogP contribution >= 0.6 is 0 Å². The summed E-state index contributed by atoms with van der Waals surface area (Å²) in [5.41, 5.74) is 1.48. The lowest BCUT2D eigenvalue weighted by Crippen LogP contribution is -2.23. The van der Waals surface area contributed by atoms with E-state index in [1.807, 2.05) is 30.3 Å². The Kier molecular flexibility index (Phi) is 4.68. The molecule has 0 radical (unpaired) electrons. The molecule has 0 spiro atoms. The van der Waals surface area contributed by atoms with Crippen LogP contribution in [0.1, 0.15) is 41.7 Å². The van der Waals surface area contributed by atoms with Crippen molar-refractivity contribution in [1.82, 2.24) is 10.3 Å². The molecule has 1 saturated carbocycles. The Bertz CT molecular complexity index is 605. The van der Waals surface area contributed by atoms with Crippen molar-refractivity contribution in [3.8, 4) is 5.75 Å². The van der Waals surface area contributed by atoms with Gasteiger partial charge in [-0.1, -0.05) is 6.07 Å². The van der Waals surface area contributed by atoms with Crippen LogP contribution < -0.4 is 10.1 Å². The number of nitrogens with one attached hydrogen (secondary N) is 1. The molecule has 0 atom stereocenters. The van der Waals surface area contributed by atoms with E-state index in [1.165, 1.54) is 12.8 Å². The molecule has 4 nitrogen and oxygen atoms in total. The molecule has 1 N–H and O–H groups in total. The minimum atomic E-state index is -0.0990. The highest BCUT2D eigenvalue weighted by Gasteiger charge is 2.16. The predicted molar refractivity (Wildman–Crippen MR) is 84.7 cm³/mol. The van der Waals surface area contributed by atoms with E-state index in [4.69, 9.17) is 4.74 Å². The highest BCUT2D eigenvalue weighted by atomic mass is 16.5. The molecule has 1 aromatic carbocycles. The summed E-state index contributed by atoms with van der Waals surface area (Å²) in [6.45, 7) is 0.431. The first-order valence-corrected chi connectivity index (χ1v) is 7.76. The molecule has 0 saturated heterocycles. The summed E-state index contributed by atoms with van der Waals surface area (Å²) in [6.07, 6.45) is 6.82. The van der Waals surface area contributed by atoms with Gasteiger partial charge >= 0.3 is 0 Å². The van der Waals surface area contributed by atoms with Gasteiger partial charge in [-0.25, -0.2) is 0 Å². The maximum Gasteiger partial charge on any atom is 0.251 e. The van der Waals surface area contributed by atoms with Gasteiger partial charge in [0.15, 0.2) is 0 Å². The van der Waals surface area contributed by atoms with Crippen LogP contribution in [0.5, 0.6) is 5.75 Å². The first-order valence-electron chi connectivity index (χ1n) is 7.76. The van der Waals surface area contributed by atoms with Crippen LogP contribution in [0.25, 0.3) is 0 Å². The largest absolute Gasteiger partial charge is 0.490 e. The molecule has 1 heterocycles. The molecule has 3 rings (SSSR count). The van der Waals surface area contributed by atoms with Gasteiger partial charge in [0.25, 0.3) is 5.91 Å². The van der Waals surface area contributed by atoms with Crippen LogP contribution in [0.4, 0.5) is 0 Å². The number of benzene rings is 1. The Hall–Kier alpha value is -2.36. The third-order valence-electron chi connectivity index (χ3n) is 3.88. The second-order valence-electron chi connectivity index (χ2n) is 5.55. The maximum atomic E-state index is 12.1. The standard InChI is InChI=1S/C18H20N2O2/c21-18(20-13-15-5-3-4-12-19-15)14-8-10-17(11-9-14)22-16-6-1-2-7-16/h3-5,8-12,16H,1-2,6-7,13H2,(H,20,21). The number of carbonyl (C=O) groups is 1. The van der Waals surface area contributed by atoms with Crippen molar-refractivity contribution in [3.05, 3.63) is 59.9 Å². The highest BCUT2D eigenvalue weighted by Crippen LogP contribution is 2.24. The number of aromatic nitrogens is 1. The zero-order valence-corrected chi connectivity index (χ0v) is 12.5. The molecular weight excluding hydrogens is 276 g/mol. The monoisotopic (exact) mass is 296 g/mol. The quantitative estimate of drug-likeness (QED) is 0.920. The topological polar surface area (TPSA) is 51.2 Å². The summed E-state index contributed by atoms with van der Waals surface area (Å²) < 4.78 is 5.90. The third-order valence-corrected chi connectivity index (χ3v) is 3.88. The molecule has 0 unspecified atom stereocenters. The normalized spacial score (nSPS) is 14.7. The molecule has 1 aliphatic carbocycles. The third kappa shape index (κ3) is 3.85. The van der Waals surface area contributed by atoms with Gasteiger partial charge in [0.2, 0.25) is 0 Å². The summed E-state index contributed by atoms with van der Waals surface area (Å²) in [7, 11) is 0. The van der Waals surface area contributed by atoms with Gasteiger partial charge < -0.3 is 10.1 Å². The number of hydrogen-bond donors (Lipinski definition) is 1. The second kappa shape index (κ2) is 7.07. The molecule has 114 valence electrons. The van der Waals surface area contributed by atoms with Crippen LogP contribution in [0.15, 0.2) is 48.7 Å². The van der Waals surface area contributed by atoms with E-state index in [1.54, 1.807) is 18.3 Å². The number of pyridine rings is 1. The Morgan fingerprint density at radius 1 is 1.14 bits per heavy atom. The Morgan fingerprint density at radius 3 is 2.59 bits per heavy atom. The van der Waals surface area contributed by atoms with Crippen LogP contribution in [0.3, 0.4) is 0 Å². The summed E-state index contributed by atoms with van der Waals surface area (Å²) >= 11 is 0. The molecule has 1 aromatic heterocycles. The number of amides is 1. The van der Waals surface area contributed by atoms with Crippen molar-refractivity contribution in [2.75, 3.05) is 0 Å². The van der Waals surface area contributed by atoms with Crippen molar-refractivity contribution >= 4 is 5.91 Å². The van der Waals surface area contributed by atoms with Crippen LogP contribution in [-0.2, 0) is 6.54 Å². The number of carbonyl (C=O) groups excluding carboxylic acids is 1. The van der Waals surface area contributed by atoms with Gasteiger partial charge in [0, 0.05) is 11.8 Å². The summed E-state index contributed by atoms with van der Waals surface area (Å²) in [4.78, 5) is 16.3. The van der Waals surface area contributed by atoms with Crippen molar-refractivity contribution in [1.29, 1.82) is 0 Å². The fourth-order valence-electron chi connectivity index (χ4n) is 2.66. The van der Waals surface area contributed by atoms with Gasteiger partial charge in [0.05, 0.1) is 18.3 Å². The van der Waals surface area contributed by atoms with Gasteiger partial charge in [0.1, 0.15) is 5.75 Å². The average molecular weight is 296 g/mol. The van der Waals surface area contributed by atoms with Crippen molar-refractivity contribution < 1.29 is 9.53 Å². The van der Waals surface area contributed by atoms with E-state index in [9.17, 15) is 4.79 Å². The first-order chi connectivity index (χ1) is 10.8. The lowest BCUT2D eigenvalue weighted by atomic mass is 10.2. The van der Waals surface area contributed by atoms with Crippen molar-refractivity contribution in [2.24, 2.45) is 0 Å². The van der Waals surface area contributed by atoms with Gasteiger partial charge in [-0.3, -0.25) is 9.78 Å². The van der Waals surface area contributed by atoms with Gasteiger partial charge in [-0.2, -0.15) is 0 Å². The van der Waals surface area contributed by atoms with E-state index in [0.29, 0.717) is 18.2 Å². The molecule has 0 bridgehead atoms. The average Bonchev–Trinajstić information content (AvgIpc) is 3.07. The van der Waals surface area contributed by atoms with Gasteiger partial charge in [-0.15, -0.1) is 0 Å². The summed E-state index contributed by atoms with van der Waals surface area (Å²) in [6, 6.07) is 13.0. The second-order valence-corrected chi connectivity index (χ2v) is 5.55. The molecule has 4 heteroatoms. The zero-order chi connectivity index (χ0) is 15.2. The minimum absolute atomic E-state index is 0.0990. The highest BCUT2D eigenvalue weighted by molar-refractivity contribution is 5.94. The van der Waals surface area contributed by atoms with E-state index >= 15 is 0 Å². The minimum Gasteiger partial charge on any atom is -0.490 e. The fourth-order valence-corrected chi connectivity index (χ4v) is 2.66. The Labute approximate surface area is 130 Å². The molecule has 1 amide bonds. The number of ether oxygens (including phenoxy) is 1. The molecule has 2 aromatic rings. The molecular formula is C18H20N2O2. The van der Waals surface area contributed by atoms with Crippen molar-refractivity contribution in [2.45, 2.75) is 38.3 Å². The lowest BCUT2D eigenvalue weighted by Gasteiger charge is -2.13. The number of rotatable bonds is 5. The predicted octanol–water partition coefficient (Wildman–Crippen LogP) is 3.33. The van der Waals surface area contributed by atoms with Crippen molar-refractivity contribution in [3.63, 3.8) is 0 Å². The fraction of sp³-hybridized carbons (Fsp3) is 0.333. The van der Waals surface area contributed by atoms with Crippen LogP contribution in [0, 0.1) is 0 Å². The molecule has 0 aliphatic heterocycles. The SMILES string of the molecule is O=C(NCc1ccccn1)c1ccc(OC2CCCC2)cc1.